The third-order valence-corrected chi connectivity index (χ3v) is 5.73. The topological polar surface area (TPSA) is 75.3 Å². The first kappa shape index (κ1) is 24.0. The van der Waals surface area contributed by atoms with Gasteiger partial charge in [-0.15, -0.1) is 0 Å². The number of rotatable bonds is 5. The van der Waals surface area contributed by atoms with Crippen LogP contribution in [0.25, 0.3) is 0 Å². The van der Waals surface area contributed by atoms with Crippen molar-refractivity contribution in [3.8, 4) is 0 Å². The smallest absolute Gasteiger partial charge is 0.322 e. The second kappa shape index (κ2) is 8.44. The summed E-state index contributed by atoms with van der Waals surface area (Å²) in [5.74, 6) is -5.66. The lowest BCUT2D eigenvalue weighted by Gasteiger charge is -2.18. The molecule has 0 saturated heterocycles. The van der Waals surface area contributed by atoms with Crippen LogP contribution in [0.3, 0.4) is 0 Å². The van der Waals surface area contributed by atoms with Crippen molar-refractivity contribution in [2.24, 2.45) is 0 Å². The van der Waals surface area contributed by atoms with E-state index >= 15 is 0 Å². The van der Waals surface area contributed by atoms with Crippen LogP contribution in [0, 0.1) is 24.4 Å². The summed E-state index contributed by atoms with van der Waals surface area (Å²) < 4.78 is 105. The van der Waals surface area contributed by atoms with Gasteiger partial charge in [-0.2, -0.15) is 17.9 Å². The zero-order valence-corrected chi connectivity index (χ0v) is 16.7. The lowest BCUT2D eigenvalue weighted by molar-refractivity contribution is -0.147. The highest BCUT2D eigenvalue weighted by atomic mass is 35.5. The number of sulfonamides is 1. The minimum absolute atomic E-state index is 0.0681. The predicted octanol–water partition coefficient (Wildman–Crippen LogP) is 4.55. The van der Waals surface area contributed by atoms with Crippen LogP contribution in [-0.4, -0.2) is 26.5 Å². The van der Waals surface area contributed by atoms with Crippen LogP contribution in [-0.2, 0) is 10.0 Å². The number of carbonyl (C=O) groups is 1. The minimum atomic E-state index is -4.99. The molecule has 0 aliphatic heterocycles. The lowest BCUT2D eigenvalue weighted by Crippen LogP contribution is -2.43. The average Bonchev–Trinajstić information content (AvgIpc) is 2.58. The molecular formula is C17H13ClF6N2O3S. The Balaban J connectivity index is 2.44. The summed E-state index contributed by atoms with van der Waals surface area (Å²) in [5.41, 5.74) is -1.25. The van der Waals surface area contributed by atoms with Crippen LogP contribution in [0.5, 0.6) is 0 Å². The third-order valence-electron chi connectivity index (χ3n) is 3.90. The van der Waals surface area contributed by atoms with Crippen molar-refractivity contribution in [3.05, 3.63) is 57.9 Å². The first-order valence-corrected chi connectivity index (χ1v) is 9.85. The Hall–Kier alpha value is -2.31. The van der Waals surface area contributed by atoms with Gasteiger partial charge < -0.3 is 5.32 Å². The number of halogens is 7. The molecule has 1 amide bonds. The van der Waals surface area contributed by atoms with E-state index in [0.717, 1.165) is 12.1 Å². The molecule has 0 aliphatic carbocycles. The Morgan fingerprint density at radius 1 is 1.10 bits per heavy atom. The maximum absolute atomic E-state index is 14.8. The van der Waals surface area contributed by atoms with Gasteiger partial charge in [0, 0.05) is 11.8 Å². The molecule has 5 nitrogen and oxygen atoms in total. The van der Waals surface area contributed by atoms with Crippen LogP contribution in [0.1, 0.15) is 22.8 Å². The molecule has 2 rings (SSSR count). The van der Waals surface area contributed by atoms with Crippen molar-refractivity contribution in [1.29, 1.82) is 0 Å². The van der Waals surface area contributed by atoms with E-state index in [1.54, 1.807) is 0 Å². The fourth-order valence-electron chi connectivity index (χ4n) is 2.32. The highest BCUT2D eigenvalue weighted by molar-refractivity contribution is 7.89. The summed E-state index contributed by atoms with van der Waals surface area (Å²) in [6, 6.07) is 0.562. The quantitative estimate of drug-likeness (QED) is 0.493. The summed E-state index contributed by atoms with van der Waals surface area (Å²) in [5, 5.41) is 1.35. The van der Waals surface area contributed by atoms with E-state index in [0.29, 0.717) is 19.1 Å². The summed E-state index contributed by atoms with van der Waals surface area (Å²) in [7, 11) is -4.99. The molecular weight excluding hydrogens is 462 g/mol. The molecule has 13 heteroatoms. The van der Waals surface area contributed by atoms with E-state index in [9.17, 15) is 39.6 Å². The molecule has 0 heterocycles. The van der Waals surface area contributed by atoms with Crippen LogP contribution >= 0.6 is 11.6 Å². The Bertz CT molecular complexity index is 1080. The van der Waals surface area contributed by atoms with Crippen molar-refractivity contribution < 1.29 is 39.6 Å². The van der Waals surface area contributed by atoms with Crippen LogP contribution in [0.4, 0.5) is 32.0 Å². The van der Waals surface area contributed by atoms with Gasteiger partial charge in [0.05, 0.1) is 10.6 Å². The fraction of sp³-hybridized carbons (Fsp3) is 0.235. The molecule has 0 aromatic heterocycles. The molecule has 2 aromatic carbocycles. The fourth-order valence-corrected chi connectivity index (χ4v) is 3.84. The van der Waals surface area contributed by atoms with Gasteiger partial charge in [0.15, 0.2) is 17.5 Å². The van der Waals surface area contributed by atoms with E-state index in [-0.39, 0.29) is 11.3 Å². The van der Waals surface area contributed by atoms with Gasteiger partial charge in [-0.3, -0.25) is 4.79 Å². The monoisotopic (exact) mass is 474 g/mol. The second-order valence-electron chi connectivity index (χ2n) is 6.16. The Morgan fingerprint density at radius 3 is 2.23 bits per heavy atom. The summed E-state index contributed by atoms with van der Waals surface area (Å²) >= 11 is 5.46. The van der Waals surface area contributed by atoms with Gasteiger partial charge in [-0.25, -0.2) is 21.6 Å². The molecule has 0 saturated carbocycles. The second-order valence-corrected chi connectivity index (χ2v) is 8.25. The van der Waals surface area contributed by atoms with Crippen molar-refractivity contribution in [1.82, 2.24) is 4.72 Å². The largest absolute Gasteiger partial charge is 0.404 e. The molecule has 0 spiro atoms. The highest BCUT2D eigenvalue weighted by Gasteiger charge is 2.39. The third kappa shape index (κ3) is 5.05. The number of alkyl halides is 3. The van der Waals surface area contributed by atoms with E-state index in [1.807, 2.05) is 5.32 Å². The van der Waals surface area contributed by atoms with Crippen LogP contribution in [0.2, 0.25) is 5.02 Å². The molecule has 164 valence electrons. The average molecular weight is 475 g/mol. The van der Waals surface area contributed by atoms with Crippen molar-refractivity contribution in [2.45, 2.75) is 31.0 Å². The number of amides is 1. The highest BCUT2D eigenvalue weighted by Crippen LogP contribution is 2.27. The van der Waals surface area contributed by atoms with Gasteiger partial charge in [0.25, 0.3) is 5.91 Å². The van der Waals surface area contributed by atoms with Gasteiger partial charge in [-0.05, 0) is 31.5 Å². The Kier molecular flexibility index (Phi) is 6.74. The number of carbonyl (C=O) groups excluding carboxylic acids is 1. The molecule has 0 radical (unpaired) electrons. The van der Waals surface area contributed by atoms with Gasteiger partial charge in [0.2, 0.25) is 10.0 Å². The molecule has 2 aromatic rings. The Morgan fingerprint density at radius 2 is 1.70 bits per heavy atom. The van der Waals surface area contributed by atoms with E-state index in [4.69, 9.17) is 11.6 Å². The first-order chi connectivity index (χ1) is 13.6. The number of aryl methyl sites for hydroxylation is 1. The van der Waals surface area contributed by atoms with Crippen LogP contribution < -0.4 is 10.0 Å². The first-order valence-electron chi connectivity index (χ1n) is 7.99. The van der Waals surface area contributed by atoms with E-state index in [2.05, 4.69) is 0 Å². The van der Waals surface area contributed by atoms with Gasteiger partial charge >= 0.3 is 6.18 Å². The standard InChI is InChI=1S/C17H13ClF6N2O3S/c1-7-3-4-12(30(28,29)26-8(2)17(22,23)24)15(21)13(7)16(27)25-9-5-10(18)14(20)11(19)6-9/h3-6,8,26H,1-2H3,(H,25,27). The van der Waals surface area contributed by atoms with Gasteiger partial charge in [0.1, 0.15) is 10.9 Å². The Labute approximate surface area is 172 Å². The van der Waals surface area contributed by atoms with Crippen molar-refractivity contribution >= 4 is 33.2 Å². The maximum Gasteiger partial charge on any atom is 0.404 e. The molecule has 0 aliphatic rings. The number of nitrogens with one attached hydrogen (secondary N) is 2. The summed E-state index contributed by atoms with van der Waals surface area (Å²) in [4.78, 5) is 11.2. The number of anilines is 1. The maximum atomic E-state index is 14.8. The lowest BCUT2D eigenvalue weighted by atomic mass is 10.1. The van der Waals surface area contributed by atoms with E-state index < -0.39 is 61.1 Å². The number of hydrogen-bond donors (Lipinski definition) is 2. The van der Waals surface area contributed by atoms with Crippen molar-refractivity contribution in [2.75, 3.05) is 5.32 Å². The van der Waals surface area contributed by atoms with Crippen LogP contribution in [0.15, 0.2) is 29.2 Å². The normalized spacial score (nSPS) is 13.2. The molecule has 2 N–H and O–H groups in total. The zero-order chi connectivity index (χ0) is 23.0. The molecule has 0 bridgehead atoms. The number of benzene rings is 2. The van der Waals surface area contributed by atoms with Crippen molar-refractivity contribution in [3.63, 3.8) is 0 Å². The minimum Gasteiger partial charge on any atom is -0.322 e. The van der Waals surface area contributed by atoms with E-state index in [1.165, 1.54) is 11.6 Å². The molecule has 30 heavy (non-hydrogen) atoms. The summed E-state index contributed by atoms with van der Waals surface area (Å²) in [6.45, 7) is 1.75. The molecule has 1 unspecified atom stereocenters. The SMILES string of the molecule is Cc1ccc(S(=O)(=O)NC(C)C(F)(F)F)c(F)c1C(=O)Nc1cc(F)c(F)c(Cl)c1. The summed E-state index contributed by atoms with van der Waals surface area (Å²) in [6.07, 6.45) is -4.93. The predicted molar refractivity (Wildman–Crippen MR) is 96.3 cm³/mol. The number of hydrogen-bond acceptors (Lipinski definition) is 3. The molecule has 0 fully saturated rings. The zero-order valence-electron chi connectivity index (χ0n) is 15.2. The van der Waals surface area contributed by atoms with Gasteiger partial charge in [-0.1, -0.05) is 17.7 Å². The molecule has 1 atom stereocenters.